The van der Waals surface area contributed by atoms with Gasteiger partial charge < -0.3 is 9.80 Å². The van der Waals surface area contributed by atoms with Crippen molar-refractivity contribution in [3.63, 3.8) is 0 Å². The summed E-state index contributed by atoms with van der Waals surface area (Å²) >= 11 is 0. The predicted molar refractivity (Wildman–Crippen MR) is 104 cm³/mol. The Morgan fingerprint density at radius 1 is 1.11 bits per heavy atom. The Labute approximate surface area is 160 Å². The molecular formula is C21H27N3O3. The van der Waals surface area contributed by atoms with E-state index in [4.69, 9.17) is 0 Å². The number of imide groups is 1. The molecule has 2 aliphatic heterocycles. The van der Waals surface area contributed by atoms with Crippen molar-refractivity contribution in [2.75, 3.05) is 33.2 Å². The van der Waals surface area contributed by atoms with Crippen molar-refractivity contribution in [2.24, 2.45) is 0 Å². The Hall–Kier alpha value is -2.63. The summed E-state index contributed by atoms with van der Waals surface area (Å²) in [6.07, 6.45) is 3.85. The third-order valence-corrected chi connectivity index (χ3v) is 5.16. The zero-order valence-electron chi connectivity index (χ0n) is 16.3. The molecule has 0 aliphatic carbocycles. The summed E-state index contributed by atoms with van der Waals surface area (Å²) in [5.41, 5.74) is 5.04. The Kier molecular flexibility index (Phi) is 5.63. The third-order valence-electron chi connectivity index (χ3n) is 5.16. The first-order chi connectivity index (χ1) is 12.8. The summed E-state index contributed by atoms with van der Waals surface area (Å²) in [6.45, 7) is 5.97. The van der Waals surface area contributed by atoms with Crippen LogP contribution in [-0.2, 0) is 9.59 Å². The fraction of sp³-hybridized carbons (Fsp3) is 0.476. The summed E-state index contributed by atoms with van der Waals surface area (Å²) < 4.78 is 0. The van der Waals surface area contributed by atoms with Crippen LogP contribution in [0.25, 0.3) is 5.57 Å². The lowest BCUT2D eigenvalue weighted by Gasteiger charge is -2.27. The number of hydrogen-bond acceptors (Lipinski definition) is 3. The zero-order valence-corrected chi connectivity index (χ0v) is 16.3. The van der Waals surface area contributed by atoms with E-state index < -0.39 is 0 Å². The Morgan fingerprint density at radius 2 is 1.81 bits per heavy atom. The maximum absolute atomic E-state index is 12.4. The monoisotopic (exact) mass is 369 g/mol. The lowest BCUT2D eigenvalue weighted by atomic mass is 9.96. The standard InChI is InChI=1S/C21H27N3O3/c1-15-11-16(2)13-18(12-15)17-6-9-23(10-7-17)19(25)5-4-8-24-20(26)14-22(3)21(24)27/h6,11-13H,4-5,7-10,14H2,1-3H3. The Bertz CT molecular complexity index is 780. The molecule has 0 atom stereocenters. The average Bonchev–Trinajstić information content (AvgIpc) is 2.87. The van der Waals surface area contributed by atoms with Gasteiger partial charge in [0.25, 0.3) is 0 Å². The normalized spacial score (nSPS) is 17.6. The van der Waals surface area contributed by atoms with Crippen molar-refractivity contribution in [1.82, 2.24) is 14.7 Å². The highest BCUT2D eigenvalue weighted by molar-refractivity contribution is 6.01. The molecule has 1 aromatic rings. The molecule has 6 heteroatoms. The maximum Gasteiger partial charge on any atom is 0.326 e. The summed E-state index contributed by atoms with van der Waals surface area (Å²) in [7, 11) is 1.61. The van der Waals surface area contributed by atoms with Gasteiger partial charge in [0.1, 0.15) is 6.54 Å². The van der Waals surface area contributed by atoms with Gasteiger partial charge in [0.05, 0.1) is 0 Å². The van der Waals surface area contributed by atoms with Crippen molar-refractivity contribution in [2.45, 2.75) is 33.1 Å². The zero-order chi connectivity index (χ0) is 19.6. The molecule has 27 heavy (non-hydrogen) atoms. The van der Waals surface area contributed by atoms with E-state index in [1.165, 1.54) is 32.1 Å². The first-order valence-electron chi connectivity index (χ1n) is 9.46. The molecule has 6 nitrogen and oxygen atoms in total. The van der Waals surface area contributed by atoms with E-state index in [-0.39, 0.29) is 24.4 Å². The molecule has 0 unspecified atom stereocenters. The van der Waals surface area contributed by atoms with Crippen molar-refractivity contribution in [1.29, 1.82) is 0 Å². The van der Waals surface area contributed by atoms with E-state index in [0.717, 1.165) is 6.42 Å². The quantitative estimate of drug-likeness (QED) is 0.750. The van der Waals surface area contributed by atoms with Crippen molar-refractivity contribution < 1.29 is 14.4 Å². The van der Waals surface area contributed by atoms with Crippen LogP contribution < -0.4 is 0 Å². The largest absolute Gasteiger partial charge is 0.339 e. The molecule has 2 aliphatic rings. The first-order valence-corrected chi connectivity index (χ1v) is 9.46. The first kappa shape index (κ1) is 19.1. The molecule has 3 rings (SSSR count). The number of likely N-dealkylation sites (N-methyl/N-ethyl adjacent to an activating group) is 1. The van der Waals surface area contributed by atoms with Gasteiger partial charge in [-0.05, 0) is 37.8 Å². The van der Waals surface area contributed by atoms with Crippen LogP contribution in [0.5, 0.6) is 0 Å². The highest BCUT2D eigenvalue weighted by Crippen LogP contribution is 2.24. The minimum absolute atomic E-state index is 0.0816. The molecule has 1 fully saturated rings. The van der Waals surface area contributed by atoms with Gasteiger partial charge in [-0.2, -0.15) is 0 Å². The van der Waals surface area contributed by atoms with Gasteiger partial charge >= 0.3 is 6.03 Å². The fourth-order valence-electron chi connectivity index (χ4n) is 3.75. The van der Waals surface area contributed by atoms with Gasteiger partial charge in [0, 0.05) is 33.1 Å². The van der Waals surface area contributed by atoms with Crippen LogP contribution in [0, 0.1) is 13.8 Å². The lowest BCUT2D eigenvalue weighted by Crippen LogP contribution is -2.36. The molecule has 0 aromatic heterocycles. The Morgan fingerprint density at radius 3 is 2.37 bits per heavy atom. The second kappa shape index (κ2) is 7.94. The minimum atomic E-state index is -0.272. The van der Waals surface area contributed by atoms with Crippen LogP contribution in [0.1, 0.15) is 36.0 Å². The van der Waals surface area contributed by atoms with Crippen LogP contribution >= 0.6 is 0 Å². The molecular weight excluding hydrogens is 342 g/mol. The van der Waals surface area contributed by atoms with E-state index in [1.54, 1.807) is 7.05 Å². The predicted octanol–water partition coefficient (Wildman–Crippen LogP) is 2.59. The molecule has 0 spiro atoms. The molecule has 2 heterocycles. The van der Waals surface area contributed by atoms with Crippen LogP contribution in [0.15, 0.2) is 24.3 Å². The van der Waals surface area contributed by atoms with Gasteiger partial charge in [-0.3, -0.25) is 14.5 Å². The number of carbonyl (C=O) groups is 3. The van der Waals surface area contributed by atoms with E-state index >= 15 is 0 Å². The van der Waals surface area contributed by atoms with E-state index in [9.17, 15) is 14.4 Å². The van der Waals surface area contributed by atoms with Gasteiger partial charge in [-0.25, -0.2) is 4.79 Å². The summed E-state index contributed by atoms with van der Waals surface area (Å²) in [5, 5.41) is 0. The van der Waals surface area contributed by atoms with Gasteiger partial charge in [0.15, 0.2) is 0 Å². The smallest absolute Gasteiger partial charge is 0.326 e. The van der Waals surface area contributed by atoms with Gasteiger partial charge in [-0.15, -0.1) is 0 Å². The molecule has 144 valence electrons. The number of urea groups is 1. The topological polar surface area (TPSA) is 60.9 Å². The molecule has 1 aromatic carbocycles. The van der Waals surface area contributed by atoms with Crippen LogP contribution in [0.2, 0.25) is 0 Å². The summed E-state index contributed by atoms with van der Waals surface area (Å²) in [4.78, 5) is 40.5. The highest BCUT2D eigenvalue weighted by Gasteiger charge is 2.33. The number of aryl methyl sites for hydroxylation is 2. The third kappa shape index (κ3) is 4.38. The minimum Gasteiger partial charge on any atom is -0.339 e. The van der Waals surface area contributed by atoms with E-state index in [0.29, 0.717) is 32.5 Å². The Balaban J connectivity index is 1.50. The van der Waals surface area contributed by atoms with Crippen LogP contribution in [0.4, 0.5) is 4.79 Å². The number of nitrogens with zero attached hydrogens (tertiary/aromatic N) is 3. The lowest BCUT2D eigenvalue weighted by molar-refractivity contribution is -0.131. The van der Waals surface area contributed by atoms with Crippen LogP contribution in [0.3, 0.4) is 0 Å². The maximum atomic E-state index is 12.4. The molecule has 0 bridgehead atoms. The average molecular weight is 369 g/mol. The van der Waals surface area contributed by atoms with E-state index in [1.807, 2.05) is 4.90 Å². The SMILES string of the molecule is Cc1cc(C)cc(C2=CCN(C(=O)CCCN3C(=O)CN(C)C3=O)CC2)c1. The molecule has 1 saturated heterocycles. The number of benzene rings is 1. The van der Waals surface area contributed by atoms with Crippen molar-refractivity contribution >= 4 is 23.4 Å². The van der Waals surface area contributed by atoms with E-state index in [2.05, 4.69) is 38.1 Å². The van der Waals surface area contributed by atoms with Crippen LogP contribution in [-0.4, -0.2) is 65.8 Å². The molecule has 0 radical (unpaired) electrons. The van der Waals surface area contributed by atoms with Gasteiger partial charge in [-0.1, -0.05) is 35.4 Å². The molecule has 4 amide bonds. The molecule has 0 saturated carbocycles. The van der Waals surface area contributed by atoms with Crippen molar-refractivity contribution in [3.8, 4) is 0 Å². The van der Waals surface area contributed by atoms with Gasteiger partial charge in [0.2, 0.25) is 11.8 Å². The second-order valence-corrected chi connectivity index (χ2v) is 7.48. The second-order valence-electron chi connectivity index (χ2n) is 7.48. The highest BCUT2D eigenvalue weighted by atomic mass is 16.2. The molecule has 0 N–H and O–H groups in total. The summed E-state index contributed by atoms with van der Waals surface area (Å²) in [5.74, 6) is -0.105. The number of carbonyl (C=O) groups excluding carboxylic acids is 3. The fourth-order valence-corrected chi connectivity index (χ4v) is 3.75. The van der Waals surface area contributed by atoms with Crippen molar-refractivity contribution in [3.05, 3.63) is 41.0 Å². The number of rotatable bonds is 5. The number of amides is 4. The summed E-state index contributed by atoms with van der Waals surface area (Å²) in [6, 6.07) is 6.27. The number of hydrogen-bond donors (Lipinski definition) is 0.